The zero-order valence-electron chi connectivity index (χ0n) is 30.4. The average Bonchev–Trinajstić information content (AvgIpc) is 3.04. The fraction of sp³-hybridized carbons (Fsp3) is 0.789. The number of allylic oxidation sites excluding steroid dienone is 5. The van der Waals surface area contributed by atoms with Crippen LogP contribution in [0.3, 0.4) is 0 Å². The van der Waals surface area contributed by atoms with Crippen LogP contribution < -0.4 is 0 Å². The number of phosphoric acid groups is 1. The van der Waals surface area contributed by atoms with Gasteiger partial charge in [-0.3, -0.25) is 14.1 Å². The summed E-state index contributed by atoms with van der Waals surface area (Å²) in [5, 5.41) is 10.1. The Bertz CT molecular complexity index is 912. The topological polar surface area (TPSA) is 140 Å². The van der Waals surface area contributed by atoms with Gasteiger partial charge in [0.2, 0.25) is 0 Å². The number of aliphatic hydroxyl groups is 1. The summed E-state index contributed by atoms with van der Waals surface area (Å²) in [4.78, 5) is 42.7. The van der Waals surface area contributed by atoms with Crippen LogP contribution in [0.5, 0.6) is 0 Å². The Morgan fingerprint density at radius 1 is 0.688 bits per heavy atom. The van der Waals surface area contributed by atoms with E-state index in [1.807, 2.05) is 18.2 Å². The predicted octanol–water partition coefficient (Wildman–Crippen LogP) is 9.84. The third-order valence-electron chi connectivity index (χ3n) is 8.32. The molecular formula is C38H69O9P. The van der Waals surface area contributed by atoms with Gasteiger partial charge in [-0.2, -0.15) is 0 Å². The second-order valence-corrected chi connectivity index (χ2v) is 14.2. The van der Waals surface area contributed by atoms with E-state index >= 15 is 0 Å². The van der Waals surface area contributed by atoms with Gasteiger partial charge in [0.15, 0.2) is 6.10 Å². The van der Waals surface area contributed by atoms with Crippen LogP contribution >= 0.6 is 7.82 Å². The van der Waals surface area contributed by atoms with Crippen molar-refractivity contribution in [3.05, 3.63) is 36.5 Å². The molecule has 3 N–H and O–H groups in total. The van der Waals surface area contributed by atoms with E-state index in [-0.39, 0.29) is 19.4 Å². The van der Waals surface area contributed by atoms with E-state index in [9.17, 15) is 19.3 Å². The number of carbonyl (C=O) groups is 2. The van der Waals surface area contributed by atoms with Crippen LogP contribution in [0, 0.1) is 5.92 Å². The molecule has 0 rings (SSSR count). The highest BCUT2D eigenvalue weighted by Crippen LogP contribution is 2.36. The van der Waals surface area contributed by atoms with Gasteiger partial charge in [-0.1, -0.05) is 154 Å². The predicted molar refractivity (Wildman–Crippen MR) is 194 cm³/mol. The van der Waals surface area contributed by atoms with E-state index in [2.05, 4.69) is 37.4 Å². The van der Waals surface area contributed by atoms with Crippen LogP contribution in [0.2, 0.25) is 0 Å². The molecule has 0 fully saturated rings. The average molecular weight is 701 g/mol. The molecule has 0 aromatic rings. The molecule has 2 unspecified atom stereocenters. The van der Waals surface area contributed by atoms with Gasteiger partial charge in [0, 0.05) is 12.8 Å². The second-order valence-electron chi connectivity index (χ2n) is 13.0. The summed E-state index contributed by atoms with van der Waals surface area (Å²) in [7, 11) is -4.77. The molecule has 0 aliphatic carbocycles. The Kier molecular flexibility index (Phi) is 31.2. The Hall–Kier alpha value is -1.77. The Morgan fingerprint density at radius 2 is 1.23 bits per heavy atom. The molecule has 0 spiro atoms. The molecule has 0 heterocycles. The van der Waals surface area contributed by atoms with Gasteiger partial charge in [-0.15, -0.1) is 0 Å². The lowest BCUT2D eigenvalue weighted by atomic mass is 9.99. The lowest BCUT2D eigenvalue weighted by Crippen LogP contribution is -2.29. The van der Waals surface area contributed by atoms with Crippen LogP contribution in [0.15, 0.2) is 36.5 Å². The minimum atomic E-state index is -4.77. The maximum Gasteiger partial charge on any atom is 0.469 e. The van der Waals surface area contributed by atoms with Crippen LogP contribution in [-0.2, 0) is 28.2 Å². The number of esters is 2. The molecule has 10 heteroatoms. The van der Waals surface area contributed by atoms with E-state index in [1.54, 1.807) is 6.08 Å². The van der Waals surface area contributed by atoms with Crippen LogP contribution in [0.4, 0.5) is 0 Å². The van der Waals surface area contributed by atoms with E-state index in [0.717, 1.165) is 63.7 Å². The third-order valence-corrected chi connectivity index (χ3v) is 8.80. The normalized spacial score (nSPS) is 14.2. The number of ether oxygens (including phenoxy) is 2. The molecule has 0 radical (unpaired) electrons. The van der Waals surface area contributed by atoms with Crippen LogP contribution in [0.1, 0.15) is 162 Å². The summed E-state index contributed by atoms with van der Waals surface area (Å²) in [6, 6.07) is 0. The first-order chi connectivity index (χ1) is 23.1. The Labute approximate surface area is 292 Å². The highest BCUT2D eigenvalue weighted by Gasteiger charge is 2.22. The van der Waals surface area contributed by atoms with E-state index in [1.165, 1.54) is 51.4 Å². The summed E-state index contributed by atoms with van der Waals surface area (Å²) >= 11 is 0. The highest BCUT2D eigenvalue weighted by atomic mass is 31.2. The zero-order chi connectivity index (χ0) is 35.7. The number of unbranched alkanes of at least 4 members (excludes halogenated alkanes) is 13. The zero-order valence-corrected chi connectivity index (χ0v) is 31.3. The molecule has 280 valence electrons. The number of rotatable bonds is 33. The quantitative estimate of drug-likeness (QED) is 0.0201. The maximum absolute atomic E-state index is 12.4. The summed E-state index contributed by atoms with van der Waals surface area (Å²) in [5.41, 5.74) is 0. The highest BCUT2D eigenvalue weighted by molar-refractivity contribution is 7.46. The van der Waals surface area contributed by atoms with Crippen molar-refractivity contribution < 1.29 is 43.0 Å². The summed E-state index contributed by atoms with van der Waals surface area (Å²) in [6.07, 6.45) is 31.7. The van der Waals surface area contributed by atoms with Crippen molar-refractivity contribution >= 4 is 19.8 Å². The number of phosphoric ester groups is 1. The standard InChI is InChI=1S/C38H69O9P/c1-4-6-7-8-13-18-23-28-35(39)29-24-19-16-21-25-30-37(40)45-32-36(33-46-48(42,43)44)47-38(41)31-26-20-15-12-10-9-11-14-17-22-27-34(3)5-2/h6-7,13,18,23,28,34-36,39H,4-5,8-12,14-17,19-22,24-27,29-33H2,1-3H3,(H2,42,43,44)/b7-6+,18-13+,28-23+/t34?,35?,36-/m1/s1. The van der Waals surface area contributed by atoms with Crippen molar-refractivity contribution in [2.45, 2.75) is 174 Å². The minimum absolute atomic E-state index is 0.192. The van der Waals surface area contributed by atoms with Gasteiger partial charge in [0.1, 0.15) is 6.61 Å². The van der Waals surface area contributed by atoms with Crippen molar-refractivity contribution in [1.82, 2.24) is 0 Å². The Balaban J connectivity index is 4.07. The first kappa shape index (κ1) is 46.2. The van der Waals surface area contributed by atoms with Crippen molar-refractivity contribution in [2.24, 2.45) is 5.92 Å². The van der Waals surface area contributed by atoms with Gasteiger partial charge in [-0.25, -0.2) is 4.57 Å². The van der Waals surface area contributed by atoms with E-state index in [0.29, 0.717) is 19.3 Å². The molecule has 0 aromatic heterocycles. The van der Waals surface area contributed by atoms with Gasteiger partial charge < -0.3 is 24.4 Å². The van der Waals surface area contributed by atoms with Crippen molar-refractivity contribution in [1.29, 1.82) is 0 Å². The summed E-state index contributed by atoms with van der Waals surface area (Å²) in [5.74, 6) is -0.121. The first-order valence-corrected chi connectivity index (χ1v) is 20.3. The summed E-state index contributed by atoms with van der Waals surface area (Å²) < 4.78 is 26.3. The van der Waals surface area contributed by atoms with E-state index < -0.39 is 38.6 Å². The van der Waals surface area contributed by atoms with Gasteiger partial charge in [-0.05, 0) is 38.0 Å². The fourth-order valence-corrected chi connectivity index (χ4v) is 5.48. The smallest absolute Gasteiger partial charge is 0.462 e. The maximum atomic E-state index is 12.4. The lowest BCUT2D eigenvalue weighted by Gasteiger charge is -2.18. The van der Waals surface area contributed by atoms with Gasteiger partial charge in [0.05, 0.1) is 12.7 Å². The van der Waals surface area contributed by atoms with Gasteiger partial charge in [0.25, 0.3) is 0 Å². The SMILES string of the molecule is CC/C=C/C/C=C/C=C/C(O)CCCCCCCC(=O)OC[C@H](COP(=O)(O)O)OC(=O)CCCCCCCCCCCCC(C)CC. The minimum Gasteiger partial charge on any atom is -0.462 e. The summed E-state index contributed by atoms with van der Waals surface area (Å²) in [6.45, 7) is 5.80. The molecule has 9 nitrogen and oxygen atoms in total. The number of hydrogen-bond donors (Lipinski definition) is 3. The Morgan fingerprint density at radius 3 is 1.79 bits per heavy atom. The van der Waals surface area contributed by atoms with Crippen LogP contribution in [0.25, 0.3) is 0 Å². The second kappa shape index (κ2) is 32.4. The molecule has 0 bridgehead atoms. The molecule has 48 heavy (non-hydrogen) atoms. The van der Waals surface area contributed by atoms with Crippen molar-refractivity contribution in [2.75, 3.05) is 13.2 Å². The van der Waals surface area contributed by atoms with E-state index in [4.69, 9.17) is 19.3 Å². The van der Waals surface area contributed by atoms with Crippen LogP contribution in [-0.4, -0.2) is 52.3 Å². The monoisotopic (exact) mass is 700 g/mol. The third kappa shape index (κ3) is 34.1. The number of carbonyl (C=O) groups excluding carboxylic acids is 2. The molecule has 0 saturated heterocycles. The number of aliphatic hydroxyl groups excluding tert-OH is 1. The first-order valence-electron chi connectivity index (χ1n) is 18.8. The van der Waals surface area contributed by atoms with Crippen molar-refractivity contribution in [3.8, 4) is 0 Å². The molecule has 0 aromatic carbocycles. The lowest BCUT2D eigenvalue weighted by molar-refractivity contribution is -0.161. The number of hydrogen-bond acceptors (Lipinski definition) is 7. The van der Waals surface area contributed by atoms with Gasteiger partial charge >= 0.3 is 19.8 Å². The fourth-order valence-electron chi connectivity index (χ4n) is 5.12. The molecule has 0 amide bonds. The molecule has 3 atom stereocenters. The largest absolute Gasteiger partial charge is 0.469 e. The molecular weight excluding hydrogens is 631 g/mol. The molecule has 0 aliphatic heterocycles. The molecule has 0 saturated carbocycles. The van der Waals surface area contributed by atoms with Crippen molar-refractivity contribution in [3.63, 3.8) is 0 Å². The molecule has 0 aliphatic rings.